The zero-order valence-corrected chi connectivity index (χ0v) is 63.1. The number of aryl methyl sites for hydroxylation is 3. The molecular formula is C71H114N2O17Si2V. The van der Waals surface area contributed by atoms with E-state index in [1.54, 1.807) is 62.3 Å². The number of hydrogen-bond donors (Lipinski definition) is 4. The van der Waals surface area contributed by atoms with Gasteiger partial charge in [0.25, 0.3) is 0 Å². The molecule has 0 fully saturated rings. The molecule has 22 heteroatoms. The first kappa shape index (κ1) is 88.9. The summed E-state index contributed by atoms with van der Waals surface area (Å²) in [4.78, 5) is 111. The Morgan fingerprint density at radius 2 is 0.806 bits per heavy atom. The van der Waals surface area contributed by atoms with Gasteiger partial charge in [-0.1, -0.05) is 152 Å². The summed E-state index contributed by atoms with van der Waals surface area (Å²) in [7, 11) is -3.24. The molecule has 523 valence electrons. The van der Waals surface area contributed by atoms with Gasteiger partial charge in [0.2, 0.25) is 14.2 Å². The Hall–Kier alpha value is -6.13. The molecule has 0 saturated carbocycles. The van der Waals surface area contributed by atoms with Crippen LogP contribution in [0.1, 0.15) is 172 Å². The zero-order chi connectivity index (χ0) is 70.8. The fourth-order valence-electron chi connectivity index (χ4n) is 8.64. The maximum Gasteiger partial charge on any atom is 0.516 e. The number of carbonyl (C=O) groups is 9. The van der Waals surface area contributed by atoms with Crippen LogP contribution in [-0.4, -0.2) is 116 Å². The number of benzene rings is 3. The van der Waals surface area contributed by atoms with E-state index in [2.05, 4.69) is 43.8 Å². The summed E-state index contributed by atoms with van der Waals surface area (Å²) in [6.45, 7) is 40.6. The zero-order valence-electron chi connectivity index (χ0n) is 59.7. The monoisotopic (exact) mass is 1370 g/mol. The third-order valence-corrected chi connectivity index (χ3v) is 14.5. The summed E-state index contributed by atoms with van der Waals surface area (Å²) in [5, 5.41) is 21.2. The standard InChI is InChI=1S/C22H33NO5.C21H30O6.C16H22O4.C12H29NO2Si2.V/c1-15(2)13-18(21(26)27)23-20(25)17(14-19(24)28-22(3,4)5)12-11-16-9-7-6-8-10-16;1-15(2)14-25-20(24)26-19(23)17(13-18(22)27-21(3,4)5)12-11-16-9-7-6-8-10-16;1-16(2,3)20-14(17)11-13(15(18)19)10-9-12-7-5-4-6-8-12;1-10(2)9-11(13-16(3,4)5)12(14)15-17(6,7)8;/h6-10,15,17-18H,11-14H2,1-5H3,(H,23,25)(H,26,27);6-10,15,17H,11-14H2,1-5H3;4-8,13H,9-11H2,1-3H3,(H,18,19);10-11,13H,9H2,1-8H3;/t17-,18+;17-;13-;11-;/m1110./s1. The van der Waals surface area contributed by atoms with Gasteiger partial charge in [0.05, 0.1) is 43.7 Å². The topological polar surface area (TPSA) is 274 Å². The van der Waals surface area contributed by atoms with Crippen molar-refractivity contribution in [1.82, 2.24) is 10.3 Å². The molecular weight excluding hydrogens is 1260 g/mol. The van der Waals surface area contributed by atoms with E-state index in [4.69, 9.17) is 28.1 Å². The molecule has 0 aromatic heterocycles. The Morgan fingerprint density at radius 1 is 0.462 bits per heavy atom. The van der Waals surface area contributed by atoms with Crippen molar-refractivity contribution in [1.29, 1.82) is 0 Å². The Balaban J connectivity index is 0. The van der Waals surface area contributed by atoms with E-state index < -0.39 is 105 Å². The van der Waals surface area contributed by atoms with Crippen molar-refractivity contribution in [3.8, 4) is 0 Å². The Morgan fingerprint density at radius 3 is 1.13 bits per heavy atom. The predicted octanol–water partition coefficient (Wildman–Crippen LogP) is 14.1. The summed E-state index contributed by atoms with van der Waals surface area (Å²) in [6, 6.07) is 27.8. The van der Waals surface area contributed by atoms with Crippen molar-refractivity contribution in [2.24, 2.45) is 35.5 Å². The molecule has 0 saturated heterocycles. The molecule has 0 unspecified atom stereocenters. The quantitative estimate of drug-likeness (QED) is 0.0209. The number of ether oxygens (including phenoxy) is 5. The molecule has 4 N–H and O–H groups in total. The van der Waals surface area contributed by atoms with Crippen molar-refractivity contribution in [2.45, 2.75) is 243 Å². The third kappa shape index (κ3) is 49.1. The number of carboxylic acids is 2. The number of hydrogen-bond acceptors (Lipinski definition) is 16. The second-order valence-corrected chi connectivity index (χ2v) is 38.6. The molecule has 1 radical (unpaired) electrons. The molecule has 1 amide bonds. The van der Waals surface area contributed by atoms with Crippen LogP contribution in [-0.2, 0) is 104 Å². The molecule has 0 spiro atoms. The van der Waals surface area contributed by atoms with Gasteiger partial charge in [-0.05, 0) is 168 Å². The fraction of sp³-hybridized carbons (Fsp3) is 0.620. The molecule has 93 heavy (non-hydrogen) atoms. The van der Waals surface area contributed by atoms with E-state index in [1.165, 1.54) is 0 Å². The van der Waals surface area contributed by atoms with Crippen molar-refractivity contribution in [3.63, 3.8) is 0 Å². The van der Waals surface area contributed by atoms with Crippen molar-refractivity contribution < 1.29 is 100 Å². The van der Waals surface area contributed by atoms with Crippen LogP contribution in [0.3, 0.4) is 0 Å². The number of carboxylic acid groups (broad SMARTS) is 2. The first-order chi connectivity index (χ1) is 42.2. The number of amides is 1. The minimum Gasteiger partial charge on any atom is -0.519 e. The molecule has 3 rings (SSSR count). The summed E-state index contributed by atoms with van der Waals surface area (Å²) < 4.78 is 31.1. The minimum atomic E-state index is -1.78. The number of aliphatic carboxylic acids is 2. The van der Waals surface area contributed by atoms with Crippen molar-refractivity contribution in [3.05, 3.63) is 108 Å². The van der Waals surface area contributed by atoms with Gasteiger partial charge in [-0.25, -0.2) is 9.59 Å². The van der Waals surface area contributed by atoms with E-state index >= 15 is 0 Å². The minimum absolute atomic E-state index is 0. The van der Waals surface area contributed by atoms with Gasteiger partial charge in [-0.2, -0.15) is 0 Å². The van der Waals surface area contributed by atoms with Gasteiger partial charge < -0.3 is 48.6 Å². The number of rotatable bonds is 30. The van der Waals surface area contributed by atoms with Crippen LogP contribution in [0.4, 0.5) is 4.79 Å². The molecule has 5 atom stereocenters. The summed E-state index contributed by atoms with van der Waals surface area (Å²) in [5.41, 5.74) is 1.28. The van der Waals surface area contributed by atoms with Gasteiger partial charge in [-0.15, -0.1) is 0 Å². The maximum absolute atomic E-state index is 12.8. The molecule has 19 nitrogen and oxygen atoms in total. The van der Waals surface area contributed by atoms with Gasteiger partial charge in [0, 0.05) is 24.5 Å². The van der Waals surface area contributed by atoms with Crippen LogP contribution >= 0.6 is 0 Å². The van der Waals surface area contributed by atoms with Crippen LogP contribution in [0, 0.1) is 35.5 Å². The van der Waals surface area contributed by atoms with Gasteiger partial charge >= 0.3 is 47.9 Å². The fourth-order valence-corrected chi connectivity index (χ4v) is 10.7. The Labute approximate surface area is 570 Å². The van der Waals surface area contributed by atoms with Crippen LogP contribution in [0.5, 0.6) is 0 Å². The maximum atomic E-state index is 12.8. The van der Waals surface area contributed by atoms with Crippen LogP contribution < -0.4 is 10.3 Å². The molecule has 3 aromatic rings. The first-order valence-corrected chi connectivity index (χ1v) is 39.1. The van der Waals surface area contributed by atoms with Crippen LogP contribution in [0.15, 0.2) is 91.0 Å². The SMILES string of the molecule is CC(C)(C)OC(=O)C[C@@H](CCc1ccccc1)C(=O)O.CC(C)COC(=O)OC(=O)[C@H](CCc1ccccc1)CC(=O)OC(C)(C)C.CC(C)C[C@H](NC(=O)[C@H](CCc1ccccc1)CC(=O)OC(C)(C)C)C(=O)O.CC(C)C[C@H](N[Si](C)(C)C)C(=O)O[Si](C)(C)C.[V]. The van der Waals surface area contributed by atoms with E-state index in [1.807, 2.05) is 138 Å². The molecule has 3 aromatic carbocycles. The van der Waals surface area contributed by atoms with Gasteiger partial charge in [0.15, 0.2) is 0 Å². The van der Waals surface area contributed by atoms with Crippen molar-refractivity contribution >= 4 is 70.4 Å². The van der Waals surface area contributed by atoms with Gasteiger partial charge in [-0.3, -0.25) is 33.6 Å². The van der Waals surface area contributed by atoms with E-state index in [0.29, 0.717) is 50.9 Å². The number of nitrogens with one attached hydrogen (secondary N) is 2. The Kier molecular flexibility index (Phi) is 41.9. The average Bonchev–Trinajstić information content (AvgIpc) is 0.960. The second kappa shape index (κ2) is 43.8. The van der Waals surface area contributed by atoms with E-state index in [9.17, 15) is 53.4 Å². The van der Waals surface area contributed by atoms with Gasteiger partial charge in [0.1, 0.15) is 31.1 Å². The predicted molar refractivity (Wildman–Crippen MR) is 364 cm³/mol. The molecule has 0 aliphatic heterocycles. The van der Waals surface area contributed by atoms with E-state index in [-0.39, 0.29) is 68.3 Å². The van der Waals surface area contributed by atoms with E-state index in [0.717, 1.165) is 23.1 Å². The average molecular weight is 1370 g/mol. The number of esters is 4. The molecule has 0 aliphatic carbocycles. The normalized spacial score (nSPS) is 13.2. The smallest absolute Gasteiger partial charge is 0.516 e. The summed E-state index contributed by atoms with van der Waals surface area (Å²) in [6.07, 6.45) is 2.88. The van der Waals surface area contributed by atoms with Crippen LogP contribution in [0.25, 0.3) is 0 Å². The summed E-state index contributed by atoms with van der Waals surface area (Å²) >= 11 is 0. The number of carbonyl (C=O) groups excluding carboxylic acids is 7. The molecule has 0 aliphatic rings. The third-order valence-electron chi connectivity index (χ3n) is 12.5. The summed E-state index contributed by atoms with van der Waals surface area (Å²) in [5.74, 6) is -6.09. The Bertz CT molecular complexity index is 2700. The molecule has 0 heterocycles. The van der Waals surface area contributed by atoms with Crippen molar-refractivity contribution in [2.75, 3.05) is 6.61 Å². The second-order valence-electron chi connectivity index (χ2n) is 29.4. The van der Waals surface area contributed by atoms with Crippen LogP contribution in [0.2, 0.25) is 39.3 Å². The first-order valence-electron chi connectivity index (χ1n) is 32.1. The largest absolute Gasteiger partial charge is 0.519 e. The molecule has 0 bridgehead atoms.